The second kappa shape index (κ2) is 9.93. The molecule has 0 aliphatic carbocycles. The maximum atomic E-state index is 10.1. The lowest BCUT2D eigenvalue weighted by Crippen LogP contribution is -2.36. The van der Waals surface area contributed by atoms with E-state index < -0.39 is 5.41 Å². The summed E-state index contributed by atoms with van der Waals surface area (Å²) in [5.74, 6) is 0.236. The normalized spacial score (nSPS) is 14.7. The van der Waals surface area contributed by atoms with Gasteiger partial charge in [-0.3, -0.25) is 4.90 Å². The Morgan fingerprint density at radius 1 is 1.04 bits per heavy atom. The van der Waals surface area contributed by atoms with E-state index in [1.54, 1.807) is 0 Å². The maximum Gasteiger partial charge on any atom is 0.0845 e. The van der Waals surface area contributed by atoms with Crippen molar-refractivity contribution in [2.24, 2.45) is 5.92 Å². The monoisotopic (exact) mass is 382 g/mol. The van der Waals surface area contributed by atoms with Crippen LogP contribution in [0.1, 0.15) is 51.7 Å². The van der Waals surface area contributed by atoms with Gasteiger partial charge >= 0.3 is 0 Å². The molecule has 0 bridgehead atoms. The van der Waals surface area contributed by atoms with Gasteiger partial charge in [0, 0.05) is 17.6 Å². The zero-order valence-corrected chi connectivity index (χ0v) is 17.7. The first-order chi connectivity index (χ1) is 12.9. The molecule has 3 heteroatoms. The lowest BCUT2D eigenvalue weighted by atomic mass is 9.69. The first kappa shape index (κ1) is 21.5. The molecule has 2 atom stereocenters. The van der Waals surface area contributed by atoms with Crippen LogP contribution in [0.3, 0.4) is 0 Å². The summed E-state index contributed by atoms with van der Waals surface area (Å²) in [5, 5.41) is 10.8. The van der Waals surface area contributed by atoms with Gasteiger partial charge in [0.15, 0.2) is 0 Å². The Balaban J connectivity index is 2.13. The summed E-state index contributed by atoms with van der Waals surface area (Å²) < 4.78 is 0. The molecule has 0 aliphatic heterocycles. The number of benzene rings is 2. The molecule has 2 unspecified atom stereocenters. The van der Waals surface area contributed by atoms with E-state index in [1.165, 1.54) is 5.56 Å². The van der Waals surface area contributed by atoms with Crippen LogP contribution < -0.4 is 0 Å². The van der Waals surface area contributed by atoms with Crippen molar-refractivity contribution in [3.05, 3.63) is 70.7 Å². The zero-order valence-electron chi connectivity index (χ0n) is 17.0. The highest BCUT2D eigenvalue weighted by Gasteiger charge is 2.36. The van der Waals surface area contributed by atoms with Gasteiger partial charge in [-0.2, -0.15) is 5.26 Å². The van der Waals surface area contributed by atoms with Gasteiger partial charge in [0.25, 0.3) is 0 Å². The van der Waals surface area contributed by atoms with Gasteiger partial charge in [0.05, 0.1) is 11.5 Å². The molecule has 0 radical (unpaired) electrons. The van der Waals surface area contributed by atoms with Crippen LogP contribution >= 0.6 is 11.6 Å². The quantitative estimate of drug-likeness (QED) is 0.498. The molecule has 2 aromatic carbocycles. The fraction of sp³-hybridized carbons (Fsp3) is 0.458. The lowest BCUT2D eigenvalue weighted by molar-refractivity contribution is 0.186. The average molecular weight is 383 g/mol. The molecular formula is C24H31ClN2. The van der Waals surface area contributed by atoms with E-state index >= 15 is 0 Å². The number of halogens is 1. The summed E-state index contributed by atoms with van der Waals surface area (Å²) >= 11 is 6.06. The molecule has 0 spiro atoms. The van der Waals surface area contributed by atoms with Gasteiger partial charge in [0.1, 0.15) is 0 Å². The summed E-state index contributed by atoms with van der Waals surface area (Å²) in [6.45, 7) is 10.7. The van der Waals surface area contributed by atoms with Gasteiger partial charge in [-0.15, -0.1) is 0 Å². The number of nitriles is 1. The predicted molar refractivity (Wildman–Crippen MR) is 115 cm³/mol. The Kier molecular flexibility index (Phi) is 7.90. The summed E-state index contributed by atoms with van der Waals surface area (Å²) in [6, 6.07) is 21.5. The minimum absolute atomic E-state index is 0.236. The molecule has 0 saturated heterocycles. The van der Waals surface area contributed by atoms with E-state index in [0.29, 0.717) is 11.1 Å². The number of hydrogen-bond donors (Lipinski definition) is 0. The van der Waals surface area contributed by atoms with E-state index in [2.05, 4.69) is 69.0 Å². The fourth-order valence-corrected chi connectivity index (χ4v) is 3.91. The minimum atomic E-state index is -0.481. The molecule has 27 heavy (non-hydrogen) atoms. The highest BCUT2D eigenvalue weighted by molar-refractivity contribution is 6.30. The summed E-state index contributed by atoms with van der Waals surface area (Å²) in [6.07, 6.45) is 1.82. The Morgan fingerprint density at radius 3 is 2.19 bits per heavy atom. The SMILES string of the molecule is CCN(Cc1ccccc1)C(C)CCC(C#N)(c1ccc(Cl)cc1)C(C)C. The van der Waals surface area contributed by atoms with Crippen molar-refractivity contribution in [1.29, 1.82) is 5.26 Å². The molecule has 0 saturated carbocycles. The molecule has 0 amide bonds. The van der Waals surface area contributed by atoms with E-state index in [4.69, 9.17) is 11.6 Å². The van der Waals surface area contributed by atoms with Crippen molar-refractivity contribution < 1.29 is 0 Å². The first-order valence-corrected chi connectivity index (χ1v) is 10.3. The average Bonchev–Trinajstić information content (AvgIpc) is 2.68. The molecule has 0 aliphatic rings. The van der Waals surface area contributed by atoms with Crippen LogP contribution in [0, 0.1) is 17.2 Å². The third-order valence-electron chi connectivity index (χ3n) is 5.76. The van der Waals surface area contributed by atoms with Crippen LogP contribution in [0.25, 0.3) is 0 Å². The van der Waals surface area contributed by atoms with Crippen LogP contribution in [0.5, 0.6) is 0 Å². The fourth-order valence-electron chi connectivity index (χ4n) is 3.78. The van der Waals surface area contributed by atoms with Crippen molar-refractivity contribution in [1.82, 2.24) is 4.90 Å². The molecule has 0 aromatic heterocycles. The highest BCUT2D eigenvalue weighted by Crippen LogP contribution is 2.37. The smallest absolute Gasteiger partial charge is 0.0845 e. The molecule has 0 heterocycles. The van der Waals surface area contributed by atoms with Crippen LogP contribution in [0.4, 0.5) is 0 Å². The van der Waals surface area contributed by atoms with Crippen LogP contribution in [-0.2, 0) is 12.0 Å². The van der Waals surface area contributed by atoms with E-state index in [-0.39, 0.29) is 5.92 Å². The molecule has 2 nitrogen and oxygen atoms in total. The second-order valence-electron chi connectivity index (χ2n) is 7.68. The third-order valence-corrected chi connectivity index (χ3v) is 6.01. The van der Waals surface area contributed by atoms with Crippen molar-refractivity contribution in [2.45, 2.75) is 58.5 Å². The summed E-state index contributed by atoms with van der Waals surface area (Å²) in [5.41, 5.74) is 1.92. The van der Waals surface area contributed by atoms with Gasteiger partial charge in [-0.25, -0.2) is 0 Å². The number of rotatable bonds is 9. The van der Waals surface area contributed by atoms with E-state index in [1.807, 2.05) is 24.3 Å². The number of nitrogens with zero attached hydrogens (tertiary/aromatic N) is 2. The summed E-state index contributed by atoms with van der Waals surface area (Å²) in [7, 11) is 0. The van der Waals surface area contributed by atoms with Gasteiger partial charge in [0.2, 0.25) is 0 Å². The summed E-state index contributed by atoms with van der Waals surface area (Å²) in [4.78, 5) is 2.49. The Morgan fingerprint density at radius 2 is 1.67 bits per heavy atom. The maximum absolute atomic E-state index is 10.1. The largest absolute Gasteiger partial charge is 0.297 e. The lowest BCUT2D eigenvalue weighted by Gasteiger charge is -2.35. The van der Waals surface area contributed by atoms with Crippen LogP contribution in [-0.4, -0.2) is 17.5 Å². The molecule has 0 fully saturated rings. The molecule has 2 rings (SSSR count). The topological polar surface area (TPSA) is 27.0 Å². The number of hydrogen-bond acceptors (Lipinski definition) is 2. The van der Waals surface area contributed by atoms with Crippen LogP contribution in [0.15, 0.2) is 54.6 Å². The van der Waals surface area contributed by atoms with E-state index in [0.717, 1.165) is 31.5 Å². The third kappa shape index (κ3) is 5.34. The van der Waals surface area contributed by atoms with Crippen molar-refractivity contribution in [2.75, 3.05) is 6.54 Å². The predicted octanol–water partition coefficient (Wildman–Crippen LogP) is 6.45. The molecule has 144 valence electrons. The minimum Gasteiger partial charge on any atom is -0.297 e. The van der Waals surface area contributed by atoms with Gasteiger partial charge < -0.3 is 0 Å². The molecule has 2 aromatic rings. The highest BCUT2D eigenvalue weighted by atomic mass is 35.5. The Hall–Kier alpha value is -1.82. The molecule has 0 N–H and O–H groups in total. The first-order valence-electron chi connectivity index (χ1n) is 9.88. The Bertz CT molecular complexity index is 733. The van der Waals surface area contributed by atoms with Gasteiger partial charge in [-0.1, -0.05) is 74.8 Å². The van der Waals surface area contributed by atoms with Crippen LogP contribution in [0.2, 0.25) is 5.02 Å². The zero-order chi connectivity index (χ0) is 19.9. The van der Waals surface area contributed by atoms with Crippen molar-refractivity contribution in [3.8, 4) is 6.07 Å². The second-order valence-corrected chi connectivity index (χ2v) is 8.12. The van der Waals surface area contributed by atoms with Gasteiger partial charge in [-0.05, 0) is 55.5 Å². The van der Waals surface area contributed by atoms with Crippen molar-refractivity contribution >= 4 is 11.6 Å². The van der Waals surface area contributed by atoms with E-state index in [9.17, 15) is 5.26 Å². The molecular weight excluding hydrogens is 352 g/mol. The van der Waals surface area contributed by atoms with Crippen molar-refractivity contribution in [3.63, 3.8) is 0 Å². The Labute approximate surface area is 169 Å². The standard InChI is InChI=1S/C24H31ClN2/c1-5-27(17-21-9-7-6-8-10-21)20(4)15-16-24(18-26,19(2)3)22-11-13-23(25)14-12-22/h6-14,19-20H,5,15-17H2,1-4H3.